The summed E-state index contributed by atoms with van der Waals surface area (Å²) in [5.74, 6) is -0.660. The fraction of sp³-hybridized carbons (Fsp3) is 0.100. The molecular weight excluding hydrogens is 446 g/mol. The van der Waals surface area contributed by atoms with E-state index in [0.717, 1.165) is 11.3 Å². The summed E-state index contributed by atoms with van der Waals surface area (Å²) in [5.41, 5.74) is 1.09. The van der Waals surface area contributed by atoms with Crippen molar-refractivity contribution >= 4 is 50.5 Å². The van der Waals surface area contributed by atoms with E-state index in [0.29, 0.717) is 21.8 Å². The first-order valence-electron chi connectivity index (χ1n) is 8.84. The summed E-state index contributed by atoms with van der Waals surface area (Å²) in [6.45, 7) is 0.455. The molecular formula is C20H18ClN3O4S2. The second-order valence-electron chi connectivity index (χ2n) is 6.11. The SMILES string of the molecule is O=C(NCCNC(=O)c1ccccc1Cl)c1ccc(NS(=O)(=O)c2cccs2)cc1. The number of anilines is 1. The van der Waals surface area contributed by atoms with Gasteiger partial charge in [-0.3, -0.25) is 14.3 Å². The molecule has 156 valence electrons. The van der Waals surface area contributed by atoms with Gasteiger partial charge in [-0.1, -0.05) is 29.8 Å². The topological polar surface area (TPSA) is 104 Å². The molecule has 0 fully saturated rings. The van der Waals surface area contributed by atoms with Crippen LogP contribution in [0.2, 0.25) is 5.02 Å². The lowest BCUT2D eigenvalue weighted by Gasteiger charge is -2.09. The predicted octanol–water partition coefficient (Wildman–Crippen LogP) is 3.36. The molecule has 30 heavy (non-hydrogen) atoms. The molecule has 3 rings (SSSR count). The van der Waals surface area contributed by atoms with Crippen LogP contribution in [0.5, 0.6) is 0 Å². The smallest absolute Gasteiger partial charge is 0.271 e. The fourth-order valence-corrected chi connectivity index (χ4v) is 4.78. The molecule has 2 aromatic carbocycles. The van der Waals surface area contributed by atoms with Gasteiger partial charge in [0.1, 0.15) is 4.21 Å². The van der Waals surface area contributed by atoms with E-state index in [1.807, 2.05) is 0 Å². The molecule has 1 heterocycles. The molecule has 0 aliphatic heterocycles. The Balaban J connectivity index is 1.48. The number of hydrogen-bond donors (Lipinski definition) is 3. The standard InChI is InChI=1S/C20H18ClN3O4S2/c21-17-5-2-1-4-16(17)20(26)23-12-11-22-19(25)14-7-9-15(10-8-14)24-30(27,28)18-6-3-13-29-18/h1-10,13,24H,11-12H2,(H,22,25)(H,23,26). The van der Waals surface area contributed by atoms with Gasteiger partial charge in [-0.05, 0) is 47.8 Å². The van der Waals surface area contributed by atoms with Gasteiger partial charge in [-0.15, -0.1) is 11.3 Å². The van der Waals surface area contributed by atoms with Crippen molar-refractivity contribution in [1.82, 2.24) is 10.6 Å². The Morgan fingerprint density at radius 3 is 2.17 bits per heavy atom. The number of sulfonamides is 1. The molecule has 0 bridgehead atoms. The lowest BCUT2D eigenvalue weighted by atomic mass is 10.2. The van der Waals surface area contributed by atoms with Gasteiger partial charge in [0.2, 0.25) is 0 Å². The molecule has 7 nitrogen and oxygen atoms in total. The second kappa shape index (κ2) is 9.75. The summed E-state index contributed by atoms with van der Waals surface area (Å²) < 4.78 is 27.1. The number of carbonyl (C=O) groups is 2. The number of halogens is 1. The minimum Gasteiger partial charge on any atom is -0.350 e. The van der Waals surface area contributed by atoms with Crippen LogP contribution < -0.4 is 15.4 Å². The van der Waals surface area contributed by atoms with E-state index in [1.165, 1.54) is 30.3 Å². The number of hydrogen-bond acceptors (Lipinski definition) is 5. The fourth-order valence-electron chi connectivity index (χ4n) is 2.51. The molecule has 10 heteroatoms. The van der Waals surface area contributed by atoms with Crippen molar-refractivity contribution in [2.24, 2.45) is 0 Å². The molecule has 3 N–H and O–H groups in total. The molecule has 0 aliphatic carbocycles. The first-order valence-corrected chi connectivity index (χ1v) is 11.6. The van der Waals surface area contributed by atoms with Gasteiger partial charge in [0.25, 0.3) is 21.8 Å². The highest BCUT2D eigenvalue weighted by atomic mass is 35.5. The monoisotopic (exact) mass is 463 g/mol. The quantitative estimate of drug-likeness (QED) is 0.445. The van der Waals surface area contributed by atoms with Crippen LogP contribution >= 0.6 is 22.9 Å². The predicted molar refractivity (Wildman–Crippen MR) is 118 cm³/mol. The van der Waals surface area contributed by atoms with Gasteiger partial charge in [-0.25, -0.2) is 8.42 Å². The van der Waals surface area contributed by atoms with Crippen molar-refractivity contribution in [3.8, 4) is 0 Å². The molecule has 0 spiro atoms. The largest absolute Gasteiger partial charge is 0.350 e. The molecule has 0 atom stereocenters. The van der Waals surface area contributed by atoms with E-state index >= 15 is 0 Å². The van der Waals surface area contributed by atoms with E-state index in [4.69, 9.17) is 11.6 Å². The molecule has 3 aromatic rings. The Morgan fingerprint density at radius 2 is 1.53 bits per heavy atom. The maximum Gasteiger partial charge on any atom is 0.271 e. The van der Waals surface area contributed by atoms with E-state index in [1.54, 1.807) is 35.7 Å². The van der Waals surface area contributed by atoms with E-state index in [2.05, 4.69) is 15.4 Å². The molecule has 2 amide bonds. The van der Waals surface area contributed by atoms with Crippen LogP contribution in [0.4, 0.5) is 5.69 Å². The highest BCUT2D eigenvalue weighted by molar-refractivity contribution is 7.94. The van der Waals surface area contributed by atoms with Gasteiger partial charge in [-0.2, -0.15) is 0 Å². The van der Waals surface area contributed by atoms with Crippen molar-refractivity contribution in [1.29, 1.82) is 0 Å². The van der Waals surface area contributed by atoms with E-state index in [-0.39, 0.29) is 29.1 Å². The Labute approximate surface area is 183 Å². The zero-order chi connectivity index (χ0) is 21.6. The number of carbonyl (C=O) groups excluding carboxylic acids is 2. The van der Waals surface area contributed by atoms with Crippen molar-refractivity contribution in [2.75, 3.05) is 17.8 Å². The van der Waals surface area contributed by atoms with Crippen molar-refractivity contribution < 1.29 is 18.0 Å². The summed E-state index contributed by atoms with van der Waals surface area (Å²) in [6.07, 6.45) is 0. The van der Waals surface area contributed by atoms with Crippen LogP contribution in [-0.4, -0.2) is 33.3 Å². The van der Waals surface area contributed by atoms with Crippen molar-refractivity contribution in [2.45, 2.75) is 4.21 Å². The van der Waals surface area contributed by atoms with Crippen LogP contribution in [0.25, 0.3) is 0 Å². The second-order valence-corrected chi connectivity index (χ2v) is 9.37. The Bertz CT molecular complexity index is 1130. The van der Waals surface area contributed by atoms with Gasteiger partial charge in [0, 0.05) is 24.3 Å². The maximum atomic E-state index is 12.2. The van der Waals surface area contributed by atoms with Gasteiger partial charge < -0.3 is 10.6 Å². The van der Waals surface area contributed by atoms with Crippen LogP contribution in [0, 0.1) is 0 Å². The third kappa shape index (κ3) is 5.59. The lowest BCUT2D eigenvalue weighted by Crippen LogP contribution is -2.34. The zero-order valence-corrected chi connectivity index (χ0v) is 18.0. The minimum absolute atomic E-state index is 0.211. The number of benzene rings is 2. The number of rotatable bonds is 8. The first-order chi connectivity index (χ1) is 14.4. The van der Waals surface area contributed by atoms with E-state index in [9.17, 15) is 18.0 Å². The minimum atomic E-state index is -3.64. The summed E-state index contributed by atoms with van der Waals surface area (Å²) in [6, 6.07) is 15.9. The highest BCUT2D eigenvalue weighted by Gasteiger charge is 2.15. The van der Waals surface area contributed by atoms with E-state index < -0.39 is 10.0 Å². The summed E-state index contributed by atoms with van der Waals surface area (Å²) in [5, 5.41) is 7.40. The summed E-state index contributed by atoms with van der Waals surface area (Å²) in [7, 11) is -3.64. The molecule has 1 aromatic heterocycles. The van der Waals surface area contributed by atoms with Crippen LogP contribution in [0.15, 0.2) is 70.3 Å². The third-order valence-corrected chi connectivity index (χ3v) is 7.08. The van der Waals surface area contributed by atoms with Crippen LogP contribution in [0.3, 0.4) is 0 Å². The maximum absolute atomic E-state index is 12.2. The Morgan fingerprint density at radius 1 is 0.867 bits per heavy atom. The number of amides is 2. The first kappa shape index (κ1) is 21.8. The van der Waals surface area contributed by atoms with Crippen LogP contribution in [0.1, 0.15) is 20.7 Å². The average Bonchev–Trinajstić information content (AvgIpc) is 3.27. The average molecular weight is 464 g/mol. The van der Waals surface area contributed by atoms with Gasteiger partial charge >= 0.3 is 0 Å². The molecule has 0 unspecified atom stereocenters. The third-order valence-electron chi connectivity index (χ3n) is 3.97. The molecule has 0 aliphatic rings. The summed E-state index contributed by atoms with van der Waals surface area (Å²) in [4.78, 5) is 24.3. The number of thiophene rings is 1. The summed E-state index contributed by atoms with van der Waals surface area (Å²) >= 11 is 7.09. The normalized spacial score (nSPS) is 11.0. The molecule has 0 radical (unpaired) electrons. The van der Waals surface area contributed by atoms with Gasteiger partial charge in [0.05, 0.1) is 10.6 Å². The zero-order valence-electron chi connectivity index (χ0n) is 15.6. The Hall–Kier alpha value is -2.88. The molecule has 0 saturated heterocycles. The molecule has 0 saturated carbocycles. The van der Waals surface area contributed by atoms with Crippen molar-refractivity contribution in [3.05, 3.63) is 82.2 Å². The van der Waals surface area contributed by atoms with Crippen molar-refractivity contribution in [3.63, 3.8) is 0 Å². The highest BCUT2D eigenvalue weighted by Crippen LogP contribution is 2.20. The van der Waals surface area contributed by atoms with Crippen LogP contribution in [-0.2, 0) is 10.0 Å². The number of nitrogens with one attached hydrogen (secondary N) is 3. The lowest BCUT2D eigenvalue weighted by molar-refractivity contribution is 0.0927. The Kier molecular flexibility index (Phi) is 7.09. The van der Waals surface area contributed by atoms with Gasteiger partial charge in [0.15, 0.2) is 0 Å².